The van der Waals surface area contributed by atoms with Gasteiger partial charge in [-0.15, -0.1) is 0 Å². The van der Waals surface area contributed by atoms with E-state index in [9.17, 15) is 0 Å². The van der Waals surface area contributed by atoms with Gasteiger partial charge < -0.3 is 5.32 Å². The van der Waals surface area contributed by atoms with Crippen molar-refractivity contribution in [1.82, 2.24) is 5.32 Å². The third-order valence-electron chi connectivity index (χ3n) is 2.01. The molecule has 0 heterocycles. The third-order valence-corrected chi connectivity index (χ3v) is 2.96. The Morgan fingerprint density at radius 3 is 2.69 bits per heavy atom. The van der Waals surface area contributed by atoms with Crippen LogP contribution in [-0.2, 0) is 0 Å². The van der Waals surface area contributed by atoms with Gasteiger partial charge >= 0.3 is 0 Å². The number of benzene rings is 1. The van der Waals surface area contributed by atoms with Crippen LogP contribution in [0.15, 0.2) is 28.7 Å². The maximum Gasteiger partial charge on any atom is 0.0412 e. The van der Waals surface area contributed by atoms with Crippen LogP contribution in [0.25, 0.3) is 6.08 Å². The summed E-state index contributed by atoms with van der Waals surface area (Å²) in [5, 5.41) is 4.15. The molecule has 0 unspecified atom stereocenters. The molecule has 16 heavy (non-hydrogen) atoms. The van der Waals surface area contributed by atoms with Crippen LogP contribution in [0, 0.1) is 0 Å². The van der Waals surface area contributed by atoms with E-state index in [0.717, 1.165) is 21.6 Å². The van der Waals surface area contributed by atoms with Gasteiger partial charge in [-0.3, -0.25) is 0 Å². The van der Waals surface area contributed by atoms with Crippen LogP contribution < -0.4 is 5.32 Å². The Kier molecular flexibility index (Phi) is 5.03. The lowest BCUT2D eigenvalue weighted by Crippen LogP contribution is -2.35. The molecule has 1 aromatic carbocycles. The molecule has 1 rings (SSSR count). The predicted molar refractivity (Wildman–Crippen MR) is 75.9 cm³/mol. The molecule has 0 amide bonds. The predicted octanol–water partition coefficient (Wildman–Crippen LogP) is 4.50. The van der Waals surface area contributed by atoms with Gasteiger partial charge in [0.05, 0.1) is 0 Å². The van der Waals surface area contributed by atoms with Crippen LogP contribution in [0.1, 0.15) is 26.3 Å². The first kappa shape index (κ1) is 13.8. The molecule has 1 N–H and O–H groups in total. The topological polar surface area (TPSA) is 12.0 Å². The molecule has 0 aliphatic heterocycles. The molecule has 0 atom stereocenters. The molecule has 0 radical (unpaired) electrons. The zero-order chi connectivity index (χ0) is 12.2. The highest BCUT2D eigenvalue weighted by Crippen LogP contribution is 2.22. The van der Waals surface area contributed by atoms with E-state index in [1.165, 1.54) is 0 Å². The second-order valence-corrected chi connectivity index (χ2v) is 5.99. The fourth-order valence-electron chi connectivity index (χ4n) is 1.19. The summed E-state index contributed by atoms with van der Waals surface area (Å²) in [6.45, 7) is 7.30. The summed E-state index contributed by atoms with van der Waals surface area (Å²) in [5.74, 6) is 0. The summed E-state index contributed by atoms with van der Waals surface area (Å²) in [5.41, 5.74) is 1.25. The van der Waals surface area contributed by atoms with Gasteiger partial charge in [-0.25, -0.2) is 0 Å². The zero-order valence-electron chi connectivity index (χ0n) is 9.85. The van der Waals surface area contributed by atoms with Gasteiger partial charge in [0, 0.05) is 21.6 Å². The fraction of sp³-hybridized carbons (Fsp3) is 0.385. The molecule has 0 aliphatic rings. The minimum atomic E-state index is 0.149. The van der Waals surface area contributed by atoms with Gasteiger partial charge in [0.25, 0.3) is 0 Å². The minimum absolute atomic E-state index is 0.149. The van der Waals surface area contributed by atoms with Crippen molar-refractivity contribution >= 4 is 33.6 Å². The molecular formula is C13H17BrClN. The highest BCUT2D eigenvalue weighted by Gasteiger charge is 2.05. The highest BCUT2D eigenvalue weighted by atomic mass is 79.9. The second-order valence-electron chi connectivity index (χ2n) is 4.70. The average molecular weight is 303 g/mol. The van der Waals surface area contributed by atoms with Gasteiger partial charge in [-0.1, -0.05) is 39.7 Å². The molecular weight excluding hydrogens is 286 g/mol. The molecule has 1 aromatic rings. The Bertz CT molecular complexity index is 380. The Labute approximate surface area is 111 Å². The maximum absolute atomic E-state index is 5.93. The van der Waals surface area contributed by atoms with E-state index in [4.69, 9.17) is 11.6 Å². The Morgan fingerprint density at radius 2 is 2.06 bits per heavy atom. The van der Waals surface area contributed by atoms with E-state index in [1.54, 1.807) is 0 Å². The van der Waals surface area contributed by atoms with E-state index < -0.39 is 0 Å². The lowest BCUT2D eigenvalue weighted by Gasteiger charge is -2.18. The van der Waals surface area contributed by atoms with Crippen molar-refractivity contribution in [3.8, 4) is 0 Å². The molecule has 0 aromatic heterocycles. The van der Waals surface area contributed by atoms with Crippen molar-refractivity contribution in [2.24, 2.45) is 0 Å². The van der Waals surface area contributed by atoms with E-state index in [1.807, 2.05) is 18.2 Å². The largest absolute Gasteiger partial charge is 0.309 e. The summed E-state index contributed by atoms with van der Waals surface area (Å²) in [6.07, 6.45) is 4.16. The van der Waals surface area contributed by atoms with Crippen molar-refractivity contribution in [2.45, 2.75) is 26.3 Å². The van der Waals surface area contributed by atoms with Gasteiger partial charge in [0.2, 0.25) is 0 Å². The van der Waals surface area contributed by atoms with Crippen molar-refractivity contribution < 1.29 is 0 Å². The standard InChI is InChI=1S/C13H17BrClN/c1-13(2,3)16-8-4-5-10-9-11(15)6-7-12(10)14/h4-7,9,16H,8H2,1-3H3. The van der Waals surface area contributed by atoms with Crippen molar-refractivity contribution in [1.29, 1.82) is 0 Å². The molecule has 0 bridgehead atoms. The van der Waals surface area contributed by atoms with Crippen LogP contribution in [0.4, 0.5) is 0 Å². The smallest absolute Gasteiger partial charge is 0.0412 e. The van der Waals surface area contributed by atoms with Crippen LogP contribution >= 0.6 is 27.5 Å². The first-order valence-electron chi connectivity index (χ1n) is 5.25. The molecule has 0 saturated carbocycles. The maximum atomic E-state index is 5.93. The van der Waals surface area contributed by atoms with Crippen molar-refractivity contribution in [3.05, 3.63) is 39.3 Å². The SMILES string of the molecule is CC(C)(C)NCC=Cc1cc(Cl)ccc1Br. The normalized spacial score (nSPS) is 12.3. The molecule has 0 fully saturated rings. The first-order chi connectivity index (χ1) is 7.38. The van der Waals surface area contributed by atoms with E-state index in [0.29, 0.717) is 0 Å². The average Bonchev–Trinajstić information content (AvgIpc) is 2.16. The van der Waals surface area contributed by atoms with E-state index >= 15 is 0 Å². The second kappa shape index (κ2) is 5.85. The summed E-state index contributed by atoms with van der Waals surface area (Å²) in [7, 11) is 0. The minimum Gasteiger partial charge on any atom is -0.309 e. The lowest BCUT2D eigenvalue weighted by atomic mass is 10.1. The Hall–Kier alpha value is -0.310. The molecule has 0 saturated heterocycles. The Balaban J connectivity index is 2.59. The summed E-state index contributed by atoms with van der Waals surface area (Å²) < 4.78 is 1.06. The number of halogens is 2. The first-order valence-corrected chi connectivity index (χ1v) is 6.42. The monoisotopic (exact) mass is 301 g/mol. The fourth-order valence-corrected chi connectivity index (χ4v) is 1.75. The number of hydrogen-bond acceptors (Lipinski definition) is 1. The van der Waals surface area contributed by atoms with Crippen LogP contribution in [0.2, 0.25) is 5.02 Å². The molecule has 3 heteroatoms. The van der Waals surface area contributed by atoms with Gasteiger partial charge in [0.15, 0.2) is 0 Å². The summed E-state index contributed by atoms with van der Waals surface area (Å²) in [4.78, 5) is 0. The van der Waals surface area contributed by atoms with Crippen LogP contribution in [0.3, 0.4) is 0 Å². The number of hydrogen-bond donors (Lipinski definition) is 1. The molecule has 0 aliphatic carbocycles. The highest BCUT2D eigenvalue weighted by molar-refractivity contribution is 9.10. The summed E-state index contributed by atoms with van der Waals surface area (Å²) >= 11 is 9.42. The van der Waals surface area contributed by atoms with Crippen LogP contribution in [-0.4, -0.2) is 12.1 Å². The van der Waals surface area contributed by atoms with Gasteiger partial charge in [-0.2, -0.15) is 0 Å². The zero-order valence-corrected chi connectivity index (χ0v) is 12.2. The van der Waals surface area contributed by atoms with E-state index in [-0.39, 0.29) is 5.54 Å². The molecule has 88 valence electrons. The Morgan fingerprint density at radius 1 is 1.38 bits per heavy atom. The van der Waals surface area contributed by atoms with Gasteiger partial charge in [-0.05, 0) is 44.5 Å². The quantitative estimate of drug-likeness (QED) is 0.866. The van der Waals surface area contributed by atoms with Gasteiger partial charge in [0.1, 0.15) is 0 Å². The number of nitrogens with one attached hydrogen (secondary N) is 1. The van der Waals surface area contributed by atoms with Crippen molar-refractivity contribution in [3.63, 3.8) is 0 Å². The summed E-state index contributed by atoms with van der Waals surface area (Å²) in [6, 6.07) is 5.77. The lowest BCUT2D eigenvalue weighted by molar-refractivity contribution is 0.450. The van der Waals surface area contributed by atoms with Crippen molar-refractivity contribution in [2.75, 3.05) is 6.54 Å². The number of rotatable bonds is 3. The van der Waals surface area contributed by atoms with Crippen LogP contribution in [0.5, 0.6) is 0 Å². The van der Waals surface area contributed by atoms with E-state index in [2.05, 4.69) is 54.2 Å². The molecule has 1 nitrogen and oxygen atoms in total. The third kappa shape index (κ3) is 5.15. The molecule has 0 spiro atoms.